The van der Waals surface area contributed by atoms with Crippen LogP contribution in [0.2, 0.25) is 0 Å². The van der Waals surface area contributed by atoms with Crippen molar-refractivity contribution in [1.29, 1.82) is 0 Å². The zero-order valence-corrected chi connectivity index (χ0v) is 18.4. The van der Waals surface area contributed by atoms with Crippen molar-refractivity contribution in [3.05, 3.63) is 47.3 Å². The average Bonchev–Trinajstić information content (AvgIpc) is 3.39. The molecular weight excluding hydrogens is 425 g/mol. The summed E-state index contributed by atoms with van der Waals surface area (Å²) in [7, 11) is 0. The third kappa shape index (κ3) is 5.45. The van der Waals surface area contributed by atoms with Crippen LogP contribution in [-0.2, 0) is 26.4 Å². The molecule has 9 heteroatoms. The van der Waals surface area contributed by atoms with Crippen LogP contribution in [-0.4, -0.2) is 74.7 Å². The van der Waals surface area contributed by atoms with E-state index in [-0.39, 0.29) is 35.3 Å². The number of para-hydroxylation sites is 1. The molecule has 3 aromatic rings. The topological polar surface area (TPSA) is 92.3 Å². The average molecular weight is 454 g/mol. The van der Waals surface area contributed by atoms with E-state index in [2.05, 4.69) is 21.9 Å². The molecule has 1 aliphatic heterocycles. The first kappa shape index (κ1) is 24.5. The van der Waals surface area contributed by atoms with Crippen LogP contribution in [0.25, 0.3) is 11.0 Å². The predicted molar refractivity (Wildman–Crippen MR) is 122 cm³/mol. The summed E-state index contributed by atoms with van der Waals surface area (Å²) in [4.78, 5) is 12.1. The van der Waals surface area contributed by atoms with Gasteiger partial charge in [-0.15, -0.1) is 0 Å². The van der Waals surface area contributed by atoms with E-state index >= 15 is 0 Å². The van der Waals surface area contributed by atoms with Gasteiger partial charge in [-0.05, 0) is 38.0 Å². The van der Waals surface area contributed by atoms with Gasteiger partial charge in [0.15, 0.2) is 11.5 Å². The Kier molecular flexibility index (Phi) is 8.43. The van der Waals surface area contributed by atoms with Crippen molar-refractivity contribution in [3.8, 4) is 5.75 Å². The van der Waals surface area contributed by atoms with Crippen molar-refractivity contribution >= 4 is 51.8 Å². The Balaban J connectivity index is 0.00000272. The van der Waals surface area contributed by atoms with Gasteiger partial charge in [0.25, 0.3) is 0 Å². The number of nitrogens with zero attached hydrogens (tertiary/aromatic N) is 2. The molecular formula is C22H28N3NaO4S. The molecule has 1 unspecified atom stereocenters. The second kappa shape index (κ2) is 10.7. The number of fused-ring (bicyclic) bond motifs is 1. The molecule has 1 saturated heterocycles. The van der Waals surface area contributed by atoms with Gasteiger partial charge < -0.3 is 18.8 Å². The molecule has 1 aliphatic rings. The Morgan fingerprint density at radius 2 is 2.00 bits per heavy atom. The molecule has 0 aliphatic carbocycles. The fraction of sp³-hybridized carbons (Fsp3) is 0.455. The number of aromatic nitrogens is 3. The summed E-state index contributed by atoms with van der Waals surface area (Å²) in [5.41, 5.74) is 4.42. The summed E-state index contributed by atoms with van der Waals surface area (Å²) in [6.07, 6.45) is 3.13. The van der Waals surface area contributed by atoms with Crippen molar-refractivity contribution in [2.75, 3.05) is 19.8 Å². The van der Waals surface area contributed by atoms with E-state index in [0.29, 0.717) is 31.4 Å². The molecule has 1 atom stereocenters. The summed E-state index contributed by atoms with van der Waals surface area (Å²) in [5.74, 6) is 0.472. The number of ether oxygens (including phenoxy) is 3. The molecule has 0 saturated carbocycles. The normalized spacial score (nSPS) is 16.3. The fourth-order valence-electron chi connectivity index (χ4n) is 3.65. The van der Waals surface area contributed by atoms with Gasteiger partial charge in [0, 0.05) is 29.4 Å². The van der Waals surface area contributed by atoms with Crippen molar-refractivity contribution in [1.82, 2.24) is 15.0 Å². The zero-order chi connectivity index (χ0) is 21.1. The minimum atomic E-state index is -1.33. The maximum absolute atomic E-state index is 12.9. The monoisotopic (exact) mass is 453 g/mol. The SMILES string of the molecule is CCC1(CCOc2ccnc(C[S+]([O-])c3nc4c(C)cccc4[nH]3)c2C)OCCO1.[NaH]. The Morgan fingerprint density at radius 3 is 2.71 bits per heavy atom. The molecule has 1 N–H and O–H groups in total. The predicted octanol–water partition coefficient (Wildman–Crippen LogP) is 3.16. The van der Waals surface area contributed by atoms with Crippen LogP contribution in [0.5, 0.6) is 5.75 Å². The first-order valence-electron chi connectivity index (χ1n) is 10.2. The van der Waals surface area contributed by atoms with Gasteiger partial charge in [0.2, 0.25) is 0 Å². The molecule has 1 aromatic carbocycles. The summed E-state index contributed by atoms with van der Waals surface area (Å²) in [5, 5.41) is 0.465. The van der Waals surface area contributed by atoms with E-state index in [0.717, 1.165) is 40.0 Å². The van der Waals surface area contributed by atoms with Crippen LogP contribution >= 0.6 is 0 Å². The minimum absolute atomic E-state index is 0. The number of hydrogen-bond acceptors (Lipinski definition) is 6. The van der Waals surface area contributed by atoms with Crippen molar-refractivity contribution in [3.63, 3.8) is 0 Å². The molecule has 31 heavy (non-hydrogen) atoms. The summed E-state index contributed by atoms with van der Waals surface area (Å²) in [6, 6.07) is 7.72. The number of nitrogens with one attached hydrogen (secondary N) is 1. The third-order valence-corrected chi connectivity index (χ3v) is 6.69. The van der Waals surface area contributed by atoms with Gasteiger partial charge >= 0.3 is 34.7 Å². The van der Waals surface area contributed by atoms with Gasteiger partial charge in [-0.1, -0.05) is 19.1 Å². The fourth-order valence-corrected chi connectivity index (χ4v) is 4.75. The van der Waals surface area contributed by atoms with Crippen molar-refractivity contribution < 1.29 is 18.8 Å². The molecule has 0 radical (unpaired) electrons. The van der Waals surface area contributed by atoms with Gasteiger partial charge in [0.1, 0.15) is 5.75 Å². The molecule has 7 nitrogen and oxygen atoms in total. The first-order valence-corrected chi connectivity index (χ1v) is 11.5. The van der Waals surface area contributed by atoms with E-state index < -0.39 is 17.0 Å². The third-order valence-electron chi connectivity index (χ3n) is 5.53. The number of benzene rings is 1. The quantitative estimate of drug-likeness (QED) is 0.416. The summed E-state index contributed by atoms with van der Waals surface area (Å²) < 4.78 is 30.4. The second-order valence-corrected chi connectivity index (χ2v) is 8.81. The Morgan fingerprint density at radius 1 is 1.23 bits per heavy atom. The molecule has 0 amide bonds. The van der Waals surface area contributed by atoms with Crippen LogP contribution < -0.4 is 4.74 Å². The number of H-pyrrole nitrogens is 1. The molecule has 1 fully saturated rings. The van der Waals surface area contributed by atoms with Crippen LogP contribution in [0.4, 0.5) is 0 Å². The molecule has 4 rings (SSSR count). The van der Waals surface area contributed by atoms with Crippen molar-refractivity contribution in [2.45, 2.75) is 50.3 Å². The molecule has 2 aromatic heterocycles. The van der Waals surface area contributed by atoms with Gasteiger partial charge in [-0.2, -0.15) is 4.98 Å². The van der Waals surface area contributed by atoms with E-state index in [1.165, 1.54) is 0 Å². The number of pyridine rings is 1. The van der Waals surface area contributed by atoms with E-state index in [9.17, 15) is 4.55 Å². The van der Waals surface area contributed by atoms with Crippen LogP contribution in [0.3, 0.4) is 0 Å². The van der Waals surface area contributed by atoms with Gasteiger partial charge in [-0.25, -0.2) is 0 Å². The molecule has 3 heterocycles. The Bertz CT molecular complexity index is 1020. The van der Waals surface area contributed by atoms with E-state index in [1.54, 1.807) is 6.20 Å². The van der Waals surface area contributed by atoms with Gasteiger partial charge in [-0.3, -0.25) is 9.97 Å². The maximum atomic E-state index is 12.9. The van der Waals surface area contributed by atoms with Gasteiger partial charge in [0.05, 0.1) is 36.5 Å². The van der Waals surface area contributed by atoms with E-state index in [1.807, 2.05) is 38.1 Å². The molecule has 0 spiro atoms. The molecule has 0 bridgehead atoms. The number of hydrogen-bond donors (Lipinski definition) is 1. The van der Waals surface area contributed by atoms with E-state index in [4.69, 9.17) is 14.2 Å². The van der Waals surface area contributed by atoms with Crippen LogP contribution in [0, 0.1) is 13.8 Å². The Labute approximate surface area is 207 Å². The number of imidazole rings is 1. The first-order chi connectivity index (χ1) is 14.5. The summed E-state index contributed by atoms with van der Waals surface area (Å²) >= 11 is -1.33. The zero-order valence-electron chi connectivity index (χ0n) is 17.6. The van der Waals surface area contributed by atoms with Crippen molar-refractivity contribution in [2.24, 2.45) is 0 Å². The Hall–Kier alpha value is -1.13. The molecule has 162 valence electrons. The van der Waals surface area contributed by atoms with Crippen LogP contribution in [0.15, 0.2) is 35.6 Å². The number of aryl methyl sites for hydroxylation is 1. The standard InChI is InChI=1S/C22H27N3O4S.Na.H/c1-4-22(28-12-13-29-22)9-11-27-19-8-10-23-18(16(19)3)14-30(26)21-24-17-7-5-6-15(2)20(17)25-21;;/h5-8,10H,4,9,11-14H2,1-3H3,(H,24,25);;. The second-order valence-electron chi connectivity index (χ2n) is 7.44. The van der Waals surface area contributed by atoms with Crippen LogP contribution in [0.1, 0.15) is 36.6 Å². The number of aromatic amines is 1. The summed E-state index contributed by atoms with van der Waals surface area (Å²) in [6.45, 7) is 7.71. The number of rotatable bonds is 8.